The minimum atomic E-state index is -3.43. The zero-order chi connectivity index (χ0) is 14.2. The lowest BCUT2D eigenvalue weighted by Crippen LogP contribution is -2.19. The van der Waals surface area contributed by atoms with E-state index in [1.165, 1.54) is 19.2 Å². The highest BCUT2D eigenvalue weighted by atomic mass is 79.9. The van der Waals surface area contributed by atoms with E-state index < -0.39 is 15.9 Å². The molecule has 1 aromatic rings. The van der Waals surface area contributed by atoms with Gasteiger partial charge in [-0.1, -0.05) is 15.9 Å². The quantitative estimate of drug-likeness (QED) is 0.841. The number of methoxy groups -OCH3 is 1. The Bertz CT molecular complexity index is 626. The molecule has 2 rings (SSSR count). The minimum Gasteiger partial charge on any atom is -0.494 e. The molecule has 1 aliphatic carbocycles. The summed E-state index contributed by atoms with van der Waals surface area (Å²) in [5.74, 6) is -0.565. The summed E-state index contributed by atoms with van der Waals surface area (Å²) in [6.45, 7) is 0. The minimum absolute atomic E-state index is 0.116. The van der Waals surface area contributed by atoms with Gasteiger partial charge in [0.05, 0.1) is 23.6 Å². The number of halogens is 1. The first-order valence-corrected chi connectivity index (χ1v) is 7.88. The van der Waals surface area contributed by atoms with Gasteiger partial charge in [-0.15, -0.1) is 0 Å². The molecule has 3 N–H and O–H groups in total. The van der Waals surface area contributed by atoms with E-state index in [0.717, 1.165) is 0 Å². The summed E-state index contributed by atoms with van der Waals surface area (Å²) in [5, 5.41) is -0.367. The van der Waals surface area contributed by atoms with Crippen LogP contribution in [0.15, 0.2) is 16.6 Å². The van der Waals surface area contributed by atoms with Gasteiger partial charge in [0.2, 0.25) is 10.0 Å². The van der Waals surface area contributed by atoms with Crippen molar-refractivity contribution in [1.82, 2.24) is 0 Å². The SMILES string of the molecule is COc1c(NS(=O)(=O)C2CC2)cc(Br)cc1C(N)=O. The summed E-state index contributed by atoms with van der Waals surface area (Å²) in [5.41, 5.74) is 5.57. The molecule has 0 radical (unpaired) electrons. The van der Waals surface area contributed by atoms with Gasteiger partial charge >= 0.3 is 0 Å². The summed E-state index contributed by atoms with van der Waals surface area (Å²) in [6.07, 6.45) is 1.29. The number of anilines is 1. The van der Waals surface area contributed by atoms with E-state index in [1.807, 2.05) is 0 Å². The molecule has 1 aromatic carbocycles. The van der Waals surface area contributed by atoms with Crippen molar-refractivity contribution >= 4 is 37.5 Å². The topological polar surface area (TPSA) is 98.5 Å². The maximum absolute atomic E-state index is 11.9. The molecular formula is C11H13BrN2O4S. The van der Waals surface area contributed by atoms with Gasteiger partial charge in [0.25, 0.3) is 5.91 Å². The Morgan fingerprint density at radius 3 is 2.58 bits per heavy atom. The van der Waals surface area contributed by atoms with E-state index in [9.17, 15) is 13.2 Å². The van der Waals surface area contributed by atoms with Gasteiger partial charge in [-0.25, -0.2) is 8.42 Å². The average Bonchev–Trinajstić information content (AvgIpc) is 3.11. The lowest BCUT2D eigenvalue weighted by Gasteiger charge is -2.14. The van der Waals surface area contributed by atoms with E-state index in [1.54, 1.807) is 0 Å². The molecule has 8 heteroatoms. The van der Waals surface area contributed by atoms with Crippen molar-refractivity contribution in [1.29, 1.82) is 0 Å². The molecule has 0 aliphatic heterocycles. The van der Waals surface area contributed by atoms with Crippen LogP contribution in [0.3, 0.4) is 0 Å². The van der Waals surface area contributed by atoms with Crippen LogP contribution in [0.25, 0.3) is 0 Å². The number of ether oxygens (including phenoxy) is 1. The number of amides is 1. The highest BCUT2D eigenvalue weighted by Gasteiger charge is 2.36. The number of nitrogens with one attached hydrogen (secondary N) is 1. The second-order valence-corrected chi connectivity index (χ2v) is 7.12. The van der Waals surface area contributed by atoms with Crippen molar-refractivity contribution in [3.8, 4) is 5.75 Å². The zero-order valence-electron chi connectivity index (χ0n) is 10.1. The number of carbonyl (C=O) groups is 1. The predicted molar refractivity (Wildman–Crippen MR) is 74.8 cm³/mol. The van der Waals surface area contributed by atoms with Crippen molar-refractivity contribution in [3.63, 3.8) is 0 Å². The van der Waals surface area contributed by atoms with Crippen LogP contribution in [0, 0.1) is 0 Å². The van der Waals surface area contributed by atoms with Crippen LogP contribution in [0.1, 0.15) is 23.2 Å². The van der Waals surface area contributed by atoms with Gasteiger partial charge in [-0.2, -0.15) is 0 Å². The van der Waals surface area contributed by atoms with Crippen LogP contribution >= 0.6 is 15.9 Å². The molecule has 0 heterocycles. The summed E-state index contributed by atoms with van der Waals surface area (Å²) in [6, 6.07) is 3.02. The Morgan fingerprint density at radius 1 is 1.47 bits per heavy atom. The van der Waals surface area contributed by atoms with E-state index >= 15 is 0 Å². The molecule has 0 bridgehead atoms. The Hall–Kier alpha value is -1.28. The molecule has 1 fully saturated rings. The summed E-state index contributed by atoms with van der Waals surface area (Å²) >= 11 is 3.21. The van der Waals surface area contributed by atoms with Crippen molar-refractivity contribution < 1.29 is 17.9 Å². The number of rotatable bonds is 5. The molecular weight excluding hydrogens is 336 g/mol. The van der Waals surface area contributed by atoms with Crippen LogP contribution in [-0.2, 0) is 10.0 Å². The zero-order valence-corrected chi connectivity index (χ0v) is 12.5. The summed E-state index contributed by atoms with van der Waals surface area (Å²) < 4.78 is 31.9. The number of hydrogen-bond acceptors (Lipinski definition) is 4. The van der Waals surface area contributed by atoms with Crippen LogP contribution in [-0.4, -0.2) is 26.7 Å². The molecule has 1 saturated carbocycles. The fourth-order valence-corrected chi connectivity index (χ4v) is 3.53. The number of carbonyl (C=O) groups excluding carboxylic acids is 1. The maximum atomic E-state index is 11.9. The third kappa shape index (κ3) is 3.01. The van der Waals surface area contributed by atoms with Crippen molar-refractivity contribution in [2.75, 3.05) is 11.8 Å². The molecule has 0 unspecified atom stereocenters. The van der Waals surface area contributed by atoms with E-state index in [0.29, 0.717) is 17.3 Å². The fraction of sp³-hybridized carbons (Fsp3) is 0.364. The summed E-state index contributed by atoms with van der Waals surface area (Å²) in [4.78, 5) is 11.3. The third-order valence-corrected chi connectivity index (χ3v) is 5.05. The van der Waals surface area contributed by atoms with Crippen LogP contribution in [0.4, 0.5) is 5.69 Å². The van der Waals surface area contributed by atoms with Gasteiger partial charge in [0, 0.05) is 4.47 Å². The average molecular weight is 349 g/mol. The van der Waals surface area contributed by atoms with Crippen molar-refractivity contribution in [2.45, 2.75) is 18.1 Å². The molecule has 1 aliphatic rings. The Kier molecular flexibility index (Phi) is 3.73. The van der Waals surface area contributed by atoms with Crippen LogP contribution < -0.4 is 15.2 Å². The van der Waals surface area contributed by atoms with Crippen LogP contribution in [0.5, 0.6) is 5.75 Å². The number of hydrogen-bond donors (Lipinski definition) is 2. The Balaban J connectivity index is 2.47. The molecule has 0 atom stereocenters. The highest BCUT2D eigenvalue weighted by Crippen LogP contribution is 2.36. The van der Waals surface area contributed by atoms with Gasteiger partial charge < -0.3 is 10.5 Å². The molecule has 0 spiro atoms. The van der Waals surface area contributed by atoms with E-state index in [-0.39, 0.29) is 22.3 Å². The third-order valence-electron chi connectivity index (χ3n) is 2.74. The standard InChI is InChI=1S/C11H13BrN2O4S/c1-18-10-8(11(13)15)4-6(12)5-9(10)14-19(16,17)7-2-3-7/h4-5,7,14H,2-3H2,1H3,(H2,13,15). The fourth-order valence-electron chi connectivity index (χ4n) is 1.69. The summed E-state index contributed by atoms with van der Waals surface area (Å²) in [7, 11) is -2.08. The normalized spacial score (nSPS) is 15.1. The molecule has 6 nitrogen and oxygen atoms in total. The first-order chi connectivity index (χ1) is 8.85. The molecule has 19 heavy (non-hydrogen) atoms. The molecule has 104 valence electrons. The second-order valence-electron chi connectivity index (χ2n) is 4.24. The number of nitrogens with two attached hydrogens (primary N) is 1. The second kappa shape index (κ2) is 5.01. The van der Waals surface area contributed by atoms with E-state index in [2.05, 4.69) is 20.7 Å². The number of sulfonamides is 1. The lowest BCUT2D eigenvalue weighted by atomic mass is 10.1. The number of primary amides is 1. The van der Waals surface area contributed by atoms with Gasteiger partial charge in [-0.3, -0.25) is 9.52 Å². The highest BCUT2D eigenvalue weighted by molar-refractivity contribution is 9.10. The number of benzene rings is 1. The molecule has 0 aromatic heterocycles. The van der Waals surface area contributed by atoms with Crippen molar-refractivity contribution in [2.24, 2.45) is 5.73 Å². The lowest BCUT2D eigenvalue weighted by molar-refractivity contribution is 0.0997. The molecule has 0 saturated heterocycles. The Labute approximate surface area is 119 Å². The Morgan fingerprint density at radius 2 is 2.11 bits per heavy atom. The first kappa shape index (κ1) is 14.1. The van der Waals surface area contributed by atoms with Gasteiger partial charge in [-0.05, 0) is 25.0 Å². The van der Waals surface area contributed by atoms with Gasteiger partial charge in [0.15, 0.2) is 5.75 Å². The van der Waals surface area contributed by atoms with Gasteiger partial charge in [0.1, 0.15) is 0 Å². The maximum Gasteiger partial charge on any atom is 0.252 e. The van der Waals surface area contributed by atoms with E-state index in [4.69, 9.17) is 10.5 Å². The van der Waals surface area contributed by atoms with Crippen LogP contribution in [0.2, 0.25) is 0 Å². The largest absolute Gasteiger partial charge is 0.494 e. The monoisotopic (exact) mass is 348 g/mol. The van der Waals surface area contributed by atoms with Crippen molar-refractivity contribution in [3.05, 3.63) is 22.2 Å². The smallest absolute Gasteiger partial charge is 0.252 e. The molecule has 1 amide bonds. The first-order valence-electron chi connectivity index (χ1n) is 5.54. The predicted octanol–water partition coefficient (Wildman–Crippen LogP) is 1.46.